The largest absolute Gasteiger partial charge is 0.224 e. The molecule has 18 heavy (non-hydrogen) atoms. The summed E-state index contributed by atoms with van der Waals surface area (Å²) in [6, 6.07) is 0. The Hall–Kier alpha value is 1.10. The smallest absolute Gasteiger partial charge is 0.181 e. The second kappa shape index (κ2) is 6.70. The van der Waals surface area contributed by atoms with Crippen LogP contribution in [0.25, 0.3) is 0 Å². The first-order chi connectivity index (χ1) is 8.24. The van der Waals surface area contributed by atoms with Gasteiger partial charge < -0.3 is 0 Å². The third kappa shape index (κ3) is 3.40. The fraction of sp³-hybridized carbons (Fsp3) is 0.333. The summed E-state index contributed by atoms with van der Waals surface area (Å²) in [5.41, 5.74) is 0. The van der Waals surface area contributed by atoms with Gasteiger partial charge in [-0.1, -0.05) is 73.9 Å². The highest BCUT2D eigenvalue weighted by atomic mass is 79.9. The molecule has 0 unspecified atom stereocenters. The molecule has 0 radical (unpaired) electrons. The summed E-state index contributed by atoms with van der Waals surface area (Å²) in [4.78, 5) is -0.272. The SMILES string of the molecule is O=S(=O)(CCCBr)c1c(Cl)c(Cl)c(Cl)c(Cl)c1Cl. The van der Waals surface area contributed by atoms with Crippen LogP contribution in [0.2, 0.25) is 25.1 Å². The van der Waals surface area contributed by atoms with Crippen molar-refractivity contribution in [3.63, 3.8) is 0 Å². The fourth-order valence-electron chi connectivity index (χ4n) is 1.20. The molecule has 2 nitrogen and oxygen atoms in total. The van der Waals surface area contributed by atoms with Crippen LogP contribution < -0.4 is 0 Å². The van der Waals surface area contributed by atoms with Crippen molar-refractivity contribution < 1.29 is 8.42 Å². The first-order valence-electron chi connectivity index (χ1n) is 4.54. The Kier molecular flexibility index (Phi) is 6.39. The average Bonchev–Trinajstić information content (AvgIpc) is 2.31. The van der Waals surface area contributed by atoms with Crippen molar-refractivity contribution in [1.82, 2.24) is 0 Å². The molecule has 0 N–H and O–H groups in total. The van der Waals surface area contributed by atoms with Gasteiger partial charge in [-0.2, -0.15) is 0 Å². The van der Waals surface area contributed by atoms with Crippen LogP contribution in [0, 0.1) is 0 Å². The van der Waals surface area contributed by atoms with Gasteiger partial charge in [-0.15, -0.1) is 0 Å². The van der Waals surface area contributed by atoms with Crippen LogP contribution >= 0.6 is 73.9 Å². The normalized spacial score (nSPS) is 11.9. The standard InChI is InChI=1S/C9H6BrCl5O2S/c10-2-1-3-18(16,17)9-7(14)5(12)4(11)6(13)8(9)15/h1-3H2. The van der Waals surface area contributed by atoms with Gasteiger partial charge >= 0.3 is 0 Å². The van der Waals surface area contributed by atoms with Gasteiger partial charge in [-0.05, 0) is 6.42 Å². The van der Waals surface area contributed by atoms with Crippen LogP contribution in [0.1, 0.15) is 6.42 Å². The summed E-state index contributed by atoms with van der Waals surface area (Å²) in [5.74, 6) is -0.119. The monoisotopic (exact) mass is 432 g/mol. The van der Waals surface area contributed by atoms with Gasteiger partial charge in [0.05, 0.1) is 30.9 Å². The Labute approximate surface area is 139 Å². The van der Waals surface area contributed by atoms with Crippen molar-refractivity contribution in [1.29, 1.82) is 0 Å². The minimum Gasteiger partial charge on any atom is -0.224 e. The zero-order valence-electron chi connectivity index (χ0n) is 8.61. The summed E-state index contributed by atoms with van der Waals surface area (Å²) in [6.07, 6.45) is 0.410. The molecular formula is C9H6BrCl5O2S. The molecule has 1 rings (SSSR count). The lowest BCUT2D eigenvalue weighted by molar-refractivity contribution is 0.595. The van der Waals surface area contributed by atoms with E-state index < -0.39 is 9.84 Å². The number of alkyl halides is 1. The van der Waals surface area contributed by atoms with E-state index in [1.54, 1.807) is 0 Å². The zero-order chi connectivity index (χ0) is 14.1. The fourth-order valence-corrected chi connectivity index (χ4v) is 5.29. The Morgan fingerprint density at radius 2 is 1.22 bits per heavy atom. The Balaban J connectivity index is 3.52. The molecule has 102 valence electrons. The van der Waals surface area contributed by atoms with E-state index in [0.29, 0.717) is 11.8 Å². The number of rotatable bonds is 4. The quantitative estimate of drug-likeness (QED) is 0.355. The molecule has 0 amide bonds. The minimum absolute atomic E-state index is 0.0622. The Morgan fingerprint density at radius 3 is 1.61 bits per heavy atom. The number of hydrogen-bond donors (Lipinski definition) is 0. The second-order valence-corrected chi connectivity index (χ2v) is 7.99. The molecule has 0 bridgehead atoms. The van der Waals surface area contributed by atoms with Crippen molar-refractivity contribution in [2.24, 2.45) is 0 Å². The molecule has 0 spiro atoms. The molecule has 0 fully saturated rings. The molecule has 0 aromatic heterocycles. The molecule has 9 heteroatoms. The van der Waals surface area contributed by atoms with Gasteiger partial charge in [-0.25, -0.2) is 8.42 Å². The van der Waals surface area contributed by atoms with Crippen LogP contribution in [0.5, 0.6) is 0 Å². The van der Waals surface area contributed by atoms with Crippen LogP contribution in [-0.2, 0) is 9.84 Å². The van der Waals surface area contributed by atoms with E-state index in [2.05, 4.69) is 15.9 Å². The predicted octanol–water partition coefficient (Wildman–Crippen LogP) is 5.51. The van der Waals surface area contributed by atoms with Crippen molar-refractivity contribution >= 4 is 83.8 Å². The van der Waals surface area contributed by atoms with E-state index in [1.165, 1.54) is 0 Å². The molecule has 0 saturated carbocycles. The van der Waals surface area contributed by atoms with Gasteiger partial charge in [0.15, 0.2) is 9.84 Å². The lowest BCUT2D eigenvalue weighted by Crippen LogP contribution is -2.09. The molecule has 0 heterocycles. The Morgan fingerprint density at radius 1 is 0.833 bits per heavy atom. The highest BCUT2D eigenvalue weighted by Gasteiger charge is 2.27. The van der Waals surface area contributed by atoms with Gasteiger partial charge in [0, 0.05) is 5.33 Å². The molecule has 1 aromatic rings. The molecule has 0 aliphatic rings. The summed E-state index contributed by atoms with van der Waals surface area (Å²) in [5, 5.41) is -0.171. The van der Waals surface area contributed by atoms with Crippen molar-refractivity contribution in [3.05, 3.63) is 25.1 Å². The summed E-state index contributed by atoms with van der Waals surface area (Å²) in [6.45, 7) is 0. The summed E-state index contributed by atoms with van der Waals surface area (Å²) >= 11 is 32.3. The van der Waals surface area contributed by atoms with Crippen molar-refractivity contribution in [2.45, 2.75) is 11.3 Å². The lowest BCUT2D eigenvalue weighted by atomic mass is 10.3. The van der Waals surface area contributed by atoms with E-state index in [4.69, 9.17) is 58.0 Å². The first-order valence-corrected chi connectivity index (χ1v) is 9.20. The molecule has 1 aromatic carbocycles. The highest BCUT2D eigenvalue weighted by molar-refractivity contribution is 9.09. The summed E-state index contributed by atoms with van der Waals surface area (Å²) in [7, 11) is -3.67. The van der Waals surface area contributed by atoms with Crippen LogP contribution in [-0.4, -0.2) is 19.5 Å². The molecule has 0 aliphatic heterocycles. The van der Waals surface area contributed by atoms with Crippen molar-refractivity contribution in [3.8, 4) is 0 Å². The topological polar surface area (TPSA) is 34.1 Å². The maximum Gasteiger partial charge on any atom is 0.181 e. The number of halogens is 6. The number of sulfone groups is 1. The third-order valence-electron chi connectivity index (χ3n) is 2.03. The molecule has 0 saturated heterocycles. The molecule has 0 aliphatic carbocycles. The molecule has 0 atom stereocenters. The van der Waals surface area contributed by atoms with Gasteiger partial charge in [0.1, 0.15) is 4.90 Å². The maximum atomic E-state index is 12.1. The minimum atomic E-state index is -3.67. The lowest BCUT2D eigenvalue weighted by Gasteiger charge is -2.12. The molecular weight excluding hydrogens is 429 g/mol. The zero-order valence-corrected chi connectivity index (χ0v) is 14.8. The average molecular weight is 435 g/mol. The van der Waals surface area contributed by atoms with Crippen molar-refractivity contribution in [2.75, 3.05) is 11.1 Å². The second-order valence-electron chi connectivity index (χ2n) is 3.26. The predicted molar refractivity (Wildman–Crippen MR) is 82.0 cm³/mol. The highest BCUT2D eigenvalue weighted by Crippen LogP contribution is 2.46. The number of benzene rings is 1. The Bertz CT molecular complexity index is 544. The number of hydrogen-bond acceptors (Lipinski definition) is 2. The van der Waals surface area contributed by atoms with Gasteiger partial charge in [0.25, 0.3) is 0 Å². The first kappa shape index (κ1) is 17.2. The van der Waals surface area contributed by atoms with Crippen LogP contribution in [0.4, 0.5) is 0 Å². The van der Waals surface area contributed by atoms with Gasteiger partial charge in [-0.3, -0.25) is 0 Å². The van der Waals surface area contributed by atoms with Gasteiger partial charge in [0.2, 0.25) is 0 Å². The third-order valence-corrected chi connectivity index (χ3v) is 6.95. The van der Waals surface area contributed by atoms with E-state index in [0.717, 1.165) is 0 Å². The van der Waals surface area contributed by atoms with E-state index >= 15 is 0 Å². The van der Waals surface area contributed by atoms with Crippen LogP contribution in [0.15, 0.2) is 4.90 Å². The van der Waals surface area contributed by atoms with E-state index in [-0.39, 0.29) is 35.8 Å². The maximum absolute atomic E-state index is 12.1. The summed E-state index contributed by atoms with van der Waals surface area (Å²) < 4.78 is 24.2. The van der Waals surface area contributed by atoms with Crippen LogP contribution in [0.3, 0.4) is 0 Å². The van der Waals surface area contributed by atoms with E-state index in [1.807, 2.05) is 0 Å². The van der Waals surface area contributed by atoms with E-state index in [9.17, 15) is 8.42 Å².